The summed E-state index contributed by atoms with van der Waals surface area (Å²) in [5.41, 5.74) is 17.1. The molecule has 0 fully saturated rings. The zero-order chi connectivity index (χ0) is 19.9. The molecular formula is C22H30N4O. The van der Waals surface area contributed by atoms with E-state index in [1.807, 2.05) is 24.1 Å². The first kappa shape index (κ1) is 19.1. The number of rotatable bonds is 2. The number of aromatic nitrogens is 1. The number of aryl methyl sites for hydroxylation is 1. The van der Waals surface area contributed by atoms with Gasteiger partial charge >= 0.3 is 0 Å². The summed E-state index contributed by atoms with van der Waals surface area (Å²) in [7, 11) is 0. The smallest absolute Gasteiger partial charge is 0.182 e. The third kappa shape index (κ3) is 3.46. The second-order valence-corrected chi connectivity index (χ2v) is 8.47. The fourth-order valence-electron chi connectivity index (χ4n) is 3.75. The molecule has 0 saturated carbocycles. The van der Waals surface area contributed by atoms with E-state index >= 15 is 0 Å². The van der Waals surface area contributed by atoms with Gasteiger partial charge in [0.1, 0.15) is 0 Å². The Labute approximate surface area is 162 Å². The molecule has 1 aromatic heterocycles. The van der Waals surface area contributed by atoms with Crippen molar-refractivity contribution in [3.63, 3.8) is 0 Å². The summed E-state index contributed by atoms with van der Waals surface area (Å²) in [4.78, 5) is 6.66. The maximum atomic E-state index is 6.52. The van der Waals surface area contributed by atoms with Crippen molar-refractivity contribution in [3.8, 4) is 5.75 Å². The molecule has 4 N–H and O–H groups in total. The van der Waals surface area contributed by atoms with E-state index < -0.39 is 0 Å². The molecule has 0 saturated heterocycles. The Kier molecular flexibility index (Phi) is 4.81. The van der Waals surface area contributed by atoms with Gasteiger partial charge in [-0.1, -0.05) is 39.3 Å². The quantitative estimate of drug-likeness (QED) is 0.807. The summed E-state index contributed by atoms with van der Waals surface area (Å²) >= 11 is 0. The van der Waals surface area contributed by atoms with Gasteiger partial charge in [0, 0.05) is 23.9 Å². The lowest BCUT2D eigenvalue weighted by molar-refractivity contribution is 0.415. The first-order chi connectivity index (χ1) is 12.6. The van der Waals surface area contributed by atoms with Gasteiger partial charge in [-0.3, -0.25) is 4.90 Å². The van der Waals surface area contributed by atoms with Gasteiger partial charge in [0.15, 0.2) is 23.1 Å². The van der Waals surface area contributed by atoms with Crippen LogP contribution in [-0.4, -0.2) is 4.98 Å². The van der Waals surface area contributed by atoms with E-state index in [0.29, 0.717) is 23.2 Å². The zero-order valence-electron chi connectivity index (χ0n) is 17.1. The van der Waals surface area contributed by atoms with Crippen LogP contribution in [-0.2, 0) is 0 Å². The number of hydrogen-bond donors (Lipinski definition) is 2. The molecule has 5 nitrogen and oxygen atoms in total. The monoisotopic (exact) mass is 366 g/mol. The van der Waals surface area contributed by atoms with E-state index in [0.717, 1.165) is 23.5 Å². The summed E-state index contributed by atoms with van der Waals surface area (Å²) in [5, 5.41) is 0. The Morgan fingerprint density at radius 2 is 2.00 bits per heavy atom. The topological polar surface area (TPSA) is 77.4 Å². The van der Waals surface area contributed by atoms with Crippen LogP contribution >= 0.6 is 0 Å². The number of nitrogens with zero attached hydrogens (tertiary/aromatic N) is 2. The van der Waals surface area contributed by atoms with Gasteiger partial charge in [0.25, 0.3) is 0 Å². The maximum absolute atomic E-state index is 6.52. The van der Waals surface area contributed by atoms with E-state index in [2.05, 4.69) is 45.7 Å². The van der Waals surface area contributed by atoms with Crippen molar-refractivity contribution in [1.82, 2.24) is 4.98 Å². The molecule has 1 unspecified atom stereocenters. The Morgan fingerprint density at radius 1 is 1.30 bits per heavy atom. The van der Waals surface area contributed by atoms with Crippen molar-refractivity contribution < 1.29 is 4.74 Å². The second-order valence-electron chi connectivity index (χ2n) is 8.47. The van der Waals surface area contributed by atoms with E-state index in [1.54, 1.807) is 6.08 Å². The molecule has 2 aliphatic rings. The molecule has 0 amide bonds. The zero-order valence-corrected chi connectivity index (χ0v) is 17.1. The summed E-state index contributed by atoms with van der Waals surface area (Å²) < 4.78 is 5.98. The molecule has 0 spiro atoms. The minimum Gasteiger partial charge on any atom is -0.450 e. The standard InChI is InChI=1S/C22H30N4O/c1-13-9-18-21(25-12-13)26(20(24)17(27-18)7-8-23)19-14(2)10-16(11-15(19)3)22(4,5)6/h7-10,12,15H,11,23-24H2,1-6H3/b8-7-. The van der Waals surface area contributed by atoms with Gasteiger partial charge in [0.05, 0.1) is 0 Å². The minimum absolute atomic E-state index is 0.147. The Bertz CT molecular complexity index is 884. The molecule has 0 bridgehead atoms. The fraction of sp³-hybridized carbons (Fsp3) is 0.409. The number of fused-ring (bicyclic) bond motifs is 1. The van der Waals surface area contributed by atoms with Crippen molar-refractivity contribution in [2.75, 3.05) is 4.90 Å². The van der Waals surface area contributed by atoms with Crippen LogP contribution in [0.1, 0.15) is 46.6 Å². The molecule has 3 rings (SSSR count). The third-order valence-corrected chi connectivity index (χ3v) is 5.13. The van der Waals surface area contributed by atoms with Crippen molar-refractivity contribution in [2.24, 2.45) is 22.8 Å². The number of nitrogens with two attached hydrogens (primary N) is 2. The predicted molar refractivity (Wildman–Crippen MR) is 111 cm³/mol. The second kappa shape index (κ2) is 6.80. The minimum atomic E-state index is 0.147. The van der Waals surface area contributed by atoms with E-state index in [-0.39, 0.29) is 5.41 Å². The summed E-state index contributed by atoms with van der Waals surface area (Å²) in [6, 6.07) is 1.98. The van der Waals surface area contributed by atoms with Crippen LogP contribution in [0.25, 0.3) is 0 Å². The van der Waals surface area contributed by atoms with Gasteiger partial charge < -0.3 is 16.2 Å². The van der Waals surface area contributed by atoms with Gasteiger partial charge in [-0.05, 0) is 49.1 Å². The summed E-state index contributed by atoms with van der Waals surface area (Å²) in [5.74, 6) is 2.77. The van der Waals surface area contributed by atoms with Crippen LogP contribution in [0.15, 0.2) is 59.0 Å². The number of pyridine rings is 1. The summed E-state index contributed by atoms with van der Waals surface area (Å²) in [6.07, 6.45) is 8.26. The molecule has 1 aliphatic carbocycles. The van der Waals surface area contributed by atoms with E-state index in [9.17, 15) is 0 Å². The molecule has 1 aromatic rings. The van der Waals surface area contributed by atoms with Gasteiger partial charge in [-0.15, -0.1) is 0 Å². The molecule has 1 aliphatic heterocycles. The Balaban J connectivity index is 2.21. The molecule has 144 valence electrons. The molecule has 27 heavy (non-hydrogen) atoms. The highest BCUT2D eigenvalue weighted by Crippen LogP contribution is 2.45. The highest BCUT2D eigenvalue weighted by Gasteiger charge is 2.34. The SMILES string of the molecule is CC1=C(N2C(N)=C(/C=C\N)Oc3cc(C)cnc32)C(C)CC(C(C)(C)C)=C1. The van der Waals surface area contributed by atoms with Crippen LogP contribution in [0, 0.1) is 18.3 Å². The van der Waals surface area contributed by atoms with E-state index in [1.165, 1.54) is 17.3 Å². The van der Waals surface area contributed by atoms with Crippen LogP contribution in [0.5, 0.6) is 5.75 Å². The molecule has 1 atom stereocenters. The largest absolute Gasteiger partial charge is 0.450 e. The number of ether oxygens (including phenoxy) is 1. The lowest BCUT2D eigenvalue weighted by atomic mass is 9.76. The lowest BCUT2D eigenvalue weighted by Crippen LogP contribution is -2.37. The number of anilines is 1. The van der Waals surface area contributed by atoms with Crippen LogP contribution in [0.2, 0.25) is 0 Å². The number of hydrogen-bond acceptors (Lipinski definition) is 5. The Hall–Kier alpha value is -2.69. The highest BCUT2D eigenvalue weighted by atomic mass is 16.5. The average Bonchev–Trinajstić information content (AvgIpc) is 2.56. The van der Waals surface area contributed by atoms with Crippen molar-refractivity contribution in [1.29, 1.82) is 0 Å². The van der Waals surface area contributed by atoms with Gasteiger partial charge in [-0.2, -0.15) is 0 Å². The lowest BCUT2D eigenvalue weighted by Gasteiger charge is -2.39. The fourth-order valence-corrected chi connectivity index (χ4v) is 3.75. The third-order valence-electron chi connectivity index (χ3n) is 5.13. The van der Waals surface area contributed by atoms with Gasteiger partial charge in [-0.25, -0.2) is 4.98 Å². The molecule has 2 heterocycles. The van der Waals surface area contributed by atoms with Crippen molar-refractivity contribution in [2.45, 2.75) is 48.0 Å². The Morgan fingerprint density at radius 3 is 2.59 bits per heavy atom. The van der Waals surface area contributed by atoms with Gasteiger partial charge in [0.2, 0.25) is 0 Å². The van der Waals surface area contributed by atoms with Crippen LogP contribution < -0.4 is 21.1 Å². The van der Waals surface area contributed by atoms with Crippen molar-refractivity contribution >= 4 is 5.82 Å². The van der Waals surface area contributed by atoms with E-state index in [4.69, 9.17) is 16.2 Å². The molecular weight excluding hydrogens is 336 g/mol. The molecule has 0 aromatic carbocycles. The normalized spacial score (nSPS) is 20.7. The number of allylic oxidation sites excluding steroid dienone is 5. The first-order valence-electron chi connectivity index (χ1n) is 9.38. The van der Waals surface area contributed by atoms with Crippen LogP contribution in [0.3, 0.4) is 0 Å². The maximum Gasteiger partial charge on any atom is 0.182 e. The molecule has 5 heteroatoms. The predicted octanol–water partition coefficient (Wildman–Crippen LogP) is 4.48. The van der Waals surface area contributed by atoms with Crippen LogP contribution in [0.4, 0.5) is 5.82 Å². The van der Waals surface area contributed by atoms with Crippen molar-refractivity contribution in [3.05, 3.63) is 64.6 Å². The molecule has 0 radical (unpaired) electrons. The first-order valence-corrected chi connectivity index (χ1v) is 9.38. The highest BCUT2D eigenvalue weighted by molar-refractivity contribution is 5.67. The summed E-state index contributed by atoms with van der Waals surface area (Å²) in [6.45, 7) is 13.2. The average molecular weight is 367 g/mol.